The molecule has 2 aliphatic heterocycles. The van der Waals surface area contributed by atoms with Crippen molar-refractivity contribution in [3.05, 3.63) is 47.9 Å². The summed E-state index contributed by atoms with van der Waals surface area (Å²) >= 11 is 0. The molecule has 3 aromatic rings. The number of nitrogens with one attached hydrogen (secondary N) is 3. The van der Waals surface area contributed by atoms with E-state index in [-0.39, 0.29) is 40.7 Å². The minimum atomic E-state index is -1.05. The number of pyridine rings is 1. The van der Waals surface area contributed by atoms with Crippen LogP contribution in [0.25, 0.3) is 0 Å². The summed E-state index contributed by atoms with van der Waals surface area (Å²) in [5.41, 5.74) is -1.14. The van der Waals surface area contributed by atoms with Crippen molar-refractivity contribution in [3.63, 3.8) is 0 Å². The molecule has 1 aromatic carbocycles. The van der Waals surface area contributed by atoms with Gasteiger partial charge in [-0.05, 0) is 38.1 Å². The number of anilines is 6. The maximum absolute atomic E-state index is 14.7. The number of carbonyl (C=O) groups is 1. The molecular formula is C23H22F3N7O3. The molecule has 188 valence electrons. The van der Waals surface area contributed by atoms with E-state index in [1.165, 1.54) is 6.07 Å². The number of aromatic nitrogens is 3. The predicted octanol–water partition coefficient (Wildman–Crippen LogP) is 3.72. The van der Waals surface area contributed by atoms with Crippen LogP contribution in [0.4, 0.5) is 47.9 Å². The fraction of sp³-hybridized carbons (Fsp3) is 0.304. The number of carbonyl (C=O) groups excluding carboxylic acids is 1. The first kappa shape index (κ1) is 23.6. The molecule has 1 amide bonds. The van der Waals surface area contributed by atoms with Gasteiger partial charge in [-0.2, -0.15) is 4.98 Å². The van der Waals surface area contributed by atoms with E-state index in [0.717, 1.165) is 18.3 Å². The van der Waals surface area contributed by atoms with Crippen LogP contribution in [0.3, 0.4) is 0 Å². The maximum atomic E-state index is 14.7. The third-order valence-corrected chi connectivity index (χ3v) is 5.59. The number of morpholine rings is 1. The van der Waals surface area contributed by atoms with Gasteiger partial charge in [0.1, 0.15) is 11.5 Å². The van der Waals surface area contributed by atoms with Gasteiger partial charge in [0.2, 0.25) is 5.95 Å². The summed E-state index contributed by atoms with van der Waals surface area (Å²) in [4.78, 5) is 25.8. The van der Waals surface area contributed by atoms with Gasteiger partial charge in [-0.15, -0.1) is 0 Å². The highest BCUT2D eigenvalue weighted by atomic mass is 19.1. The molecular weight excluding hydrogens is 479 g/mol. The van der Waals surface area contributed by atoms with Crippen molar-refractivity contribution < 1.29 is 27.4 Å². The molecule has 4 heterocycles. The van der Waals surface area contributed by atoms with Crippen LogP contribution in [0.5, 0.6) is 5.75 Å². The van der Waals surface area contributed by atoms with E-state index in [1.807, 2.05) is 0 Å². The number of halogens is 3. The van der Waals surface area contributed by atoms with E-state index >= 15 is 0 Å². The first-order valence-electron chi connectivity index (χ1n) is 11.1. The number of hydrogen-bond acceptors (Lipinski definition) is 9. The van der Waals surface area contributed by atoms with Gasteiger partial charge in [-0.1, -0.05) is 0 Å². The lowest BCUT2D eigenvalue weighted by Gasteiger charge is -2.30. The smallest absolute Gasteiger partial charge is 0.269 e. The number of hydrogen-bond donors (Lipinski definition) is 3. The summed E-state index contributed by atoms with van der Waals surface area (Å²) in [6.45, 7) is 4.76. The van der Waals surface area contributed by atoms with Crippen LogP contribution in [0.1, 0.15) is 13.8 Å². The second kappa shape index (κ2) is 9.15. The monoisotopic (exact) mass is 501 g/mol. The lowest BCUT2D eigenvalue weighted by atomic mass is 10.1. The van der Waals surface area contributed by atoms with Gasteiger partial charge < -0.3 is 30.3 Å². The molecule has 10 nitrogen and oxygen atoms in total. The Hall–Kier alpha value is -4.13. The van der Waals surface area contributed by atoms with Crippen LogP contribution in [-0.4, -0.2) is 52.8 Å². The van der Waals surface area contributed by atoms with Gasteiger partial charge >= 0.3 is 0 Å². The summed E-state index contributed by atoms with van der Waals surface area (Å²) in [6.07, 6.45) is 0.901. The molecule has 36 heavy (non-hydrogen) atoms. The second-order valence-corrected chi connectivity index (χ2v) is 8.64. The quantitative estimate of drug-likeness (QED) is 0.481. The largest absolute Gasteiger partial charge is 0.474 e. The average molecular weight is 501 g/mol. The first-order valence-corrected chi connectivity index (χ1v) is 11.1. The minimum Gasteiger partial charge on any atom is -0.474 e. The molecule has 1 fully saturated rings. The van der Waals surface area contributed by atoms with Gasteiger partial charge in [0.25, 0.3) is 5.91 Å². The molecule has 13 heteroatoms. The molecule has 0 unspecified atom stereocenters. The first-order chi connectivity index (χ1) is 17.2. The van der Waals surface area contributed by atoms with Gasteiger partial charge in [0, 0.05) is 18.8 Å². The van der Waals surface area contributed by atoms with Crippen molar-refractivity contribution in [2.45, 2.75) is 19.4 Å². The Balaban J connectivity index is 1.35. The van der Waals surface area contributed by atoms with Crippen LogP contribution in [0.15, 0.2) is 30.5 Å². The van der Waals surface area contributed by atoms with E-state index in [4.69, 9.17) is 9.47 Å². The zero-order valence-corrected chi connectivity index (χ0v) is 19.4. The summed E-state index contributed by atoms with van der Waals surface area (Å²) in [5, 5.41) is 8.03. The molecule has 0 atom stereocenters. The van der Waals surface area contributed by atoms with Crippen molar-refractivity contribution >= 4 is 40.7 Å². The normalized spacial score (nSPS) is 16.6. The minimum absolute atomic E-state index is 0.0500. The van der Waals surface area contributed by atoms with Crippen LogP contribution < -0.4 is 25.6 Å². The fourth-order valence-corrected chi connectivity index (χ4v) is 3.76. The Kier molecular flexibility index (Phi) is 6.00. The molecule has 0 spiro atoms. The third kappa shape index (κ3) is 4.69. The van der Waals surface area contributed by atoms with Gasteiger partial charge in [0.15, 0.2) is 40.4 Å². The van der Waals surface area contributed by atoms with Crippen molar-refractivity contribution in [3.8, 4) is 5.75 Å². The third-order valence-electron chi connectivity index (χ3n) is 5.59. The number of nitrogens with zero attached hydrogens (tertiary/aromatic N) is 4. The summed E-state index contributed by atoms with van der Waals surface area (Å²) in [6, 6.07) is 5.33. The van der Waals surface area contributed by atoms with Crippen molar-refractivity contribution in [1.82, 2.24) is 15.0 Å². The zero-order chi connectivity index (χ0) is 25.4. The predicted molar refractivity (Wildman–Crippen MR) is 126 cm³/mol. The maximum Gasteiger partial charge on any atom is 0.269 e. The number of amides is 1. The van der Waals surface area contributed by atoms with Crippen LogP contribution in [0, 0.1) is 17.5 Å². The number of rotatable bonds is 5. The van der Waals surface area contributed by atoms with E-state index in [9.17, 15) is 18.0 Å². The highest BCUT2D eigenvalue weighted by molar-refractivity contribution is 5.99. The molecule has 2 aromatic heterocycles. The molecule has 5 rings (SSSR count). The topological polar surface area (TPSA) is 114 Å². The Labute approximate surface area is 203 Å². The van der Waals surface area contributed by atoms with Crippen LogP contribution in [0.2, 0.25) is 0 Å². The lowest BCUT2D eigenvalue weighted by molar-refractivity contribution is -0.129. The van der Waals surface area contributed by atoms with Gasteiger partial charge in [0.05, 0.1) is 19.4 Å². The summed E-state index contributed by atoms with van der Waals surface area (Å²) in [7, 11) is 0. The van der Waals surface area contributed by atoms with Crippen LogP contribution in [-0.2, 0) is 9.53 Å². The van der Waals surface area contributed by atoms with Crippen molar-refractivity contribution in [1.29, 1.82) is 0 Å². The molecule has 0 aliphatic carbocycles. The fourth-order valence-electron chi connectivity index (χ4n) is 3.76. The van der Waals surface area contributed by atoms with E-state index < -0.39 is 23.1 Å². The molecule has 2 aliphatic rings. The molecule has 1 saturated heterocycles. The molecule has 0 saturated carbocycles. The second-order valence-electron chi connectivity index (χ2n) is 8.64. The zero-order valence-electron chi connectivity index (χ0n) is 19.4. The molecule has 0 bridgehead atoms. The standard InChI is InChI=1S/C23H22F3N7O3/c1-23(2)21(34)31-20-16(36-23)3-4-17(30-20)29-19-15(26)11-27-22(32-19)28-12-9-13(24)18(14(25)10-12)33-5-7-35-8-6-33/h3-4,9-11H,5-8H2,1-2H3,(H3,27,28,29,30,31,32,34). The number of fused-ring (bicyclic) bond motifs is 1. The Morgan fingerprint density at radius 2 is 1.75 bits per heavy atom. The number of benzene rings is 1. The highest BCUT2D eigenvalue weighted by Gasteiger charge is 2.36. The Bertz CT molecular complexity index is 1310. The van der Waals surface area contributed by atoms with Gasteiger partial charge in [-0.3, -0.25) is 4.79 Å². The van der Waals surface area contributed by atoms with E-state index in [0.29, 0.717) is 32.1 Å². The highest BCUT2D eigenvalue weighted by Crippen LogP contribution is 2.34. The summed E-state index contributed by atoms with van der Waals surface area (Å²) in [5.74, 6) is -2.32. The Morgan fingerprint density at radius 3 is 2.47 bits per heavy atom. The lowest BCUT2D eigenvalue weighted by Crippen LogP contribution is -2.46. The molecule has 0 radical (unpaired) electrons. The van der Waals surface area contributed by atoms with Gasteiger partial charge in [-0.25, -0.2) is 23.1 Å². The average Bonchev–Trinajstić information content (AvgIpc) is 2.82. The van der Waals surface area contributed by atoms with Crippen molar-refractivity contribution in [2.24, 2.45) is 0 Å². The summed E-state index contributed by atoms with van der Waals surface area (Å²) < 4.78 is 54.7. The molecule has 3 N–H and O–H groups in total. The SMILES string of the molecule is CC1(C)Oc2ccc(Nc3nc(Nc4cc(F)c(N5CCOCC5)c(F)c4)ncc3F)nc2NC1=O. The Morgan fingerprint density at radius 1 is 1.03 bits per heavy atom. The van der Waals surface area contributed by atoms with Crippen molar-refractivity contribution in [2.75, 3.05) is 47.2 Å². The number of ether oxygens (including phenoxy) is 2. The van der Waals surface area contributed by atoms with E-state index in [1.54, 1.807) is 24.8 Å². The van der Waals surface area contributed by atoms with Crippen LogP contribution >= 0.6 is 0 Å². The van der Waals surface area contributed by atoms with E-state index in [2.05, 4.69) is 30.9 Å².